The zero-order valence-electron chi connectivity index (χ0n) is 31.3. The monoisotopic (exact) mass is 843 g/mol. The van der Waals surface area contributed by atoms with Crippen molar-refractivity contribution in [3.05, 3.63) is 108 Å². The number of hydrogen-bond donors (Lipinski definition) is 7. The Morgan fingerprint density at radius 3 is 1.82 bits per heavy atom. The summed E-state index contributed by atoms with van der Waals surface area (Å²) in [6.45, 7) is -1.08. The molecular weight excluding hydrogens is 807 g/mol. The predicted octanol–water partition coefficient (Wildman–Crippen LogP) is -2.25. The molecule has 0 radical (unpaired) electrons. The lowest BCUT2D eigenvalue weighted by atomic mass is 10.1. The number of aliphatic carboxylic acids is 1. The summed E-state index contributed by atoms with van der Waals surface area (Å²) in [5.74, 6) is -6.25. The van der Waals surface area contributed by atoms with Gasteiger partial charge >= 0.3 is 23.5 Å². The quantitative estimate of drug-likeness (QED) is 0.0588. The van der Waals surface area contributed by atoms with E-state index < -0.39 is 90.4 Å². The van der Waals surface area contributed by atoms with Crippen LogP contribution in [0, 0.1) is 6.92 Å². The summed E-state index contributed by atoms with van der Waals surface area (Å²) in [6, 6.07) is 11.3. The number of halogens is 3. The van der Waals surface area contributed by atoms with Gasteiger partial charge in [0.2, 0.25) is 23.6 Å². The van der Waals surface area contributed by atoms with Gasteiger partial charge in [-0.05, 0) is 19.1 Å². The van der Waals surface area contributed by atoms with Gasteiger partial charge in [-0.2, -0.15) is 13.2 Å². The molecule has 0 aliphatic rings. The first-order valence-corrected chi connectivity index (χ1v) is 17.4. The minimum Gasteiger partial charge on any atom is -0.475 e. The fourth-order valence-corrected chi connectivity index (χ4v) is 5.48. The lowest BCUT2D eigenvalue weighted by molar-refractivity contribution is -0.192. The van der Waals surface area contributed by atoms with Gasteiger partial charge in [-0.25, -0.2) is 19.4 Å². The number of primary amides is 1. The number of fused-ring (bicyclic) bond motifs is 3. The Morgan fingerprint density at radius 2 is 1.30 bits per heavy atom. The molecule has 0 aliphatic heterocycles. The molecule has 0 unspecified atom stereocenters. The molecule has 0 aliphatic carbocycles. The Kier molecular flexibility index (Phi) is 14.6. The summed E-state index contributed by atoms with van der Waals surface area (Å²) >= 11 is 0. The SMILES string of the molecule is Cc1nc(C(=O)NCCN(CC(=O)NCCN(CC(N)=O)C(=O)Cn2ccc(=O)[nH]c2=O)C(=O)Cn2ccc(=O)[nH]c2=O)cc2c1[nH]c1ccccc12.O=C(O)C(F)(F)F. The summed E-state index contributed by atoms with van der Waals surface area (Å²) in [7, 11) is 0. The first kappa shape index (κ1) is 44.8. The second kappa shape index (κ2) is 19.5. The molecule has 318 valence electrons. The Morgan fingerprint density at radius 1 is 0.783 bits per heavy atom. The lowest BCUT2D eigenvalue weighted by Gasteiger charge is -2.24. The summed E-state index contributed by atoms with van der Waals surface area (Å²) < 4.78 is 33.6. The molecular formula is C35H36F3N11O11. The van der Waals surface area contributed by atoms with E-state index in [1.54, 1.807) is 13.0 Å². The van der Waals surface area contributed by atoms with E-state index in [9.17, 15) is 56.3 Å². The molecule has 5 rings (SSSR count). The molecule has 5 amide bonds. The van der Waals surface area contributed by atoms with Crippen molar-refractivity contribution in [1.29, 1.82) is 0 Å². The largest absolute Gasteiger partial charge is 0.490 e. The van der Waals surface area contributed by atoms with E-state index in [-0.39, 0.29) is 31.9 Å². The molecule has 1 aromatic carbocycles. The zero-order valence-corrected chi connectivity index (χ0v) is 31.3. The van der Waals surface area contributed by atoms with E-state index in [2.05, 4.69) is 20.6 Å². The van der Waals surface area contributed by atoms with Gasteiger partial charge in [-0.3, -0.25) is 52.7 Å². The number of nitrogens with one attached hydrogen (secondary N) is 5. The number of nitrogens with zero attached hydrogens (tertiary/aromatic N) is 5. The van der Waals surface area contributed by atoms with Crippen molar-refractivity contribution in [3.8, 4) is 0 Å². The minimum atomic E-state index is -5.08. The minimum absolute atomic E-state index is 0.115. The van der Waals surface area contributed by atoms with Crippen LogP contribution in [0.3, 0.4) is 0 Å². The molecule has 4 heterocycles. The molecule has 5 aromatic rings. The van der Waals surface area contributed by atoms with E-state index in [0.29, 0.717) is 5.69 Å². The van der Waals surface area contributed by atoms with E-state index in [4.69, 9.17) is 15.6 Å². The average Bonchev–Trinajstić information content (AvgIpc) is 3.55. The van der Waals surface area contributed by atoms with Gasteiger partial charge in [0.15, 0.2) is 0 Å². The van der Waals surface area contributed by atoms with Crippen LogP contribution in [0.1, 0.15) is 16.2 Å². The smallest absolute Gasteiger partial charge is 0.475 e. The van der Waals surface area contributed by atoms with Crippen molar-refractivity contribution in [3.63, 3.8) is 0 Å². The summed E-state index contributed by atoms with van der Waals surface area (Å²) in [6.07, 6.45) is -2.85. The van der Waals surface area contributed by atoms with Crippen LogP contribution in [-0.2, 0) is 37.1 Å². The third-order valence-corrected chi connectivity index (χ3v) is 8.32. The number of aryl methyl sites for hydroxylation is 1. The van der Waals surface area contributed by atoms with E-state index in [1.807, 2.05) is 34.2 Å². The Balaban J connectivity index is 0.00000104. The number of aromatic amines is 3. The molecule has 0 bridgehead atoms. The topological polar surface area (TPSA) is 318 Å². The zero-order chi connectivity index (χ0) is 44.3. The van der Waals surface area contributed by atoms with Crippen LogP contribution in [0.4, 0.5) is 13.2 Å². The number of pyridine rings is 1. The standard InChI is InChI=1S/C33H35N11O9.C2HF3O2/c1-19-30-21(20-4-2-3-5-22(20)38-30)14-23(37-19)31(51)36-9-13-42(29(50)18-44-11-7-26(47)40-33(44)53)16-27(48)35-8-12-41(15-24(34)45)28(49)17-43-10-6-25(46)39-32(43)52;3-2(4,5)1(6)7/h2-7,10-11,14,38H,8-9,12-13,15-18H2,1H3,(H2,34,45)(H,35,48)(H,36,51)(H,39,46,52)(H,40,47,53);(H,6,7). The van der Waals surface area contributed by atoms with Gasteiger partial charge in [0.05, 0.1) is 24.3 Å². The Labute approximate surface area is 332 Å². The molecule has 0 saturated carbocycles. The molecule has 22 nitrogen and oxygen atoms in total. The number of carbonyl (C=O) groups is 6. The number of nitrogens with two attached hydrogens (primary N) is 1. The van der Waals surface area contributed by atoms with Crippen molar-refractivity contribution >= 4 is 57.3 Å². The third kappa shape index (κ3) is 12.3. The fourth-order valence-electron chi connectivity index (χ4n) is 5.48. The second-order valence-corrected chi connectivity index (χ2v) is 12.7. The predicted molar refractivity (Wildman–Crippen MR) is 202 cm³/mol. The van der Waals surface area contributed by atoms with E-state index in [0.717, 1.165) is 65.3 Å². The van der Waals surface area contributed by atoms with Gasteiger partial charge in [-0.1, -0.05) is 18.2 Å². The maximum Gasteiger partial charge on any atom is 0.490 e. The van der Waals surface area contributed by atoms with Crippen LogP contribution in [-0.4, -0.2) is 125 Å². The number of benzene rings is 1. The number of carbonyl (C=O) groups excluding carboxylic acids is 5. The first-order chi connectivity index (χ1) is 28.2. The van der Waals surface area contributed by atoms with Gasteiger partial charge < -0.3 is 36.3 Å². The average molecular weight is 844 g/mol. The fraction of sp³-hybridized carbons (Fsp3) is 0.286. The first-order valence-electron chi connectivity index (χ1n) is 17.4. The van der Waals surface area contributed by atoms with Gasteiger partial charge in [0.25, 0.3) is 17.0 Å². The van der Waals surface area contributed by atoms with E-state index in [1.165, 1.54) is 0 Å². The third-order valence-electron chi connectivity index (χ3n) is 8.32. The molecule has 0 fully saturated rings. The van der Waals surface area contributed by atoms with Crippen molar-refractivity contribution in [2.24, 2.45) is 5.73 Å². The highest BCUT2D eigenvalue weighted by molar-refractivity contribution is 6.10. The number of carboxylic acids is 1. The number of aromatic nitrogens is 6. The summed E-state index contributed by atoms with van der Waals surface area (Å²) in [5, 5.41) is 14.1. The van der Waals surface area contributed by atoms with Gasteiger partial charge in [0.1, 0.15) is 18.8 Å². The molecule has 0 spiro atoms. The highest BCUT2D eigenvalue weighted by Gasteiger charge is 2.38. The molecule has 8 N–H and O–H groups in total. The number of H-pyrrole nitrogens is 3. The summed E-state index contributed by atoms with van der Waals surface area (Å²) in [4.78, 5) is 134. The Hall–Kier alpha value is -7.86. The molecule has 60 heavy (non-hydrogen) atoms. The number of carboxylic acid groups (broad SMARTS) is 1. The molecule has 4 aromatic heterocycles. The highest BCUT2D eigenvalue weighted by atomic mass is 19.4. The van der Waals surface area contributed by atoms with Gasteiger partial charge in [0, 0.05) is 67.0 Å². The molecule has 0 atom stereocenters. The number of alkyl halides is 3. The van der Waals surface area contributed by atoms with Crippen LogP contribution in [0.25, 0.3) is 21.8 Å². The van der Waals surface area contributed by atoms with Crippen LogP contribution < -0.4 is 38.9 Å². The normalized spacial score (nSPS) is 11.0. The van der Waals surface area contributed by atoms with Crippen molar-refractivity contribution < 1.29 is 47.0 Å². The maximum absolute atomic E-state index is 13.3. The van der Waals surface area contributed by atoms with Crippen LogP contribution in [0.15, 0.2) is 74.0 Å². The van der Waals surface area contributed by atoms with Gasteiger partial charge in [-0.15, -0.1) is 0 Å². The summed E-state index contributed by atoms with van der Waals surface area (Å²) in [5.41, 5.74) is 4.67. The maximum atomic E-state index is 13.3. The van der Waals surface area contributed by atoms with Crippen LogP contribution >= 0.6 is 0 Å². The highest BCUT2D eigenvalue weighted by Crippen LogP contribution is 2.27. The Bertz CT molecular complexity index is 2680. The molecule has 0 saturated heterocycles. The van der Waals surface area contributed by atoms with Crippen molar-refractivity contribution in [1.82, 2.24) is 49.5 Å². The number of amides is 5. The van der Waals surface area contributed by atoms with Crippen LogP contribution in [0.5, 0.6) is 0 Å². The van der Waals surface area contributed by atoms with Crippen molar-refractivity contribution in [2.45, 2.75) is 26.2 Å². The van der Waals surface area contributed by atoms with Crippen molar-refractivity contribution in [2.75, 3.05) is 39.3 Å². The lowest BCUT2D eigenvalue weighted by Crippen LogP contribution is -2.48. The number of para-hydroxylation sites is 1. The van der Waals surface area contributed by atoms with E-state index >= 15 is 0 Å². The second-order valence-electron chi connectivity index (χ2n) is 12.7. The van der Waals surface area contributed by atoms with Crippen LogP contribution in [0.2, 0.25) is 0 Å². The number of rotatable bonds is 15. The number of hydrogen-bond acceptors (Lipinski definition) is 11. The molecule has 25 heteroatoms.